The number of rotatable bonds is 7. The molecule has 5 rings (SSSR count). The second kappa shape index (κ2) is 9.83. The average Bonchev–Trinajstić information content (AvgIpc) is 2.77. The first kappa shape index (κ1) is 21.2. The molecule has 0 amide bonds. The minimum Gasteiger partial charge on any atom is -0.478 e. The van der Waals surface area contributed by atoms with Crippen molar-refractivity contribution in [3.8, 4) is 17.7 Å². The molecule has 3 aliphatic rings. The van der Waals surface area contributed by atoms with E-state index < -0.39 is 5.60 Å². The molecule has 3 aliphatic heterocycles. The quantitative estimate of drug-likeness (QED) is 0.416. The van der Waals surface area contributed by atoms with E-state index in [0.29, 0.717) is 31.3 Å². The van der Waals surface area contributed by atoms with Crippen molar-refractivity contribution in [3.05, 3.63) is 59.3 Å². The van der Waals surface area contributed by atoms with Crippen molar-refractivity contribution in [2.45, 2.75) is 37.7 Å². The minimum absolute atomic E-state index is 0.269. The van der Waals surface area contributed by atoms with Crippen LogP contribution in [0.25, 0.3) is 0 Å². The maximum Gasteiger partial charge on any atom is 0.213 e. The molecule has 0 aliphatic carbocycles. The summed E-state index contributed by atoms with van der Waals surface area (Å²) < 4.78 is 5.82. The zero-order valence-corrected chi connectivity index (χ0v) is 18.1. The first-order valence-electron chi connectivity index (χ1n) is 10.9. The summed E-state index contributed by atoms with van der Waals surface area (Å²) >= 11 is 5.74. The van der Waals surface area contributed by atoms with E-state index in [1.807, 2.05) is 30.3 Å². The van der Waals surface area contributed by atoms with E-state index in [2.05, 4.69) is 28.9 Å². The fourth-order valence-corrected chi connectivity index (χ4v) is 4.52. The number of aromatic nitrogens is 1. The molecule has 2 bridgehead atoms. The zero-order valence-electron chi connectivity index (χ0n) is 17.3. The van der Waals surface area contributed by atoms with Gasteiger partial charge in [-0.25, -0.2) is 4.98 Å². The lowest BCUT2D eigenvalue weighted by Gasteiger charge is -2.47. The summed E-state index contributed by atoms with van der Waals surface area (Å²) in [7, 11) is 0. The van der Waals surface area contributed by atoms with Gasteiger partial charge in [0.05, 0.1) is 12.3 Å². The van der Waals surface area contributed by atoms with Gasteiger partial charge in [-0.2, -0.15) is 0 Å². The first-order valence-corrected chi connectivity index (χ1v) is 11.4. The van der Waals surface area contributed by atoms with Gasteiger partial charge in [0.25, 0.3) is 0 Å². The maximum atomic E-state index is 11.2. The van der Waals surface area contributed by atoms with Crippen molar-refractivity contribution in [2.24, 2.45) is 5.92 Å². The summed E-state index contributed by atoms with van der Waals surface area (Å²) in [4.78, 5) is 7.07. The summed E-state index contributed by atoms with van der Waals surface area (Å²) in [5.41, 5.74) is 2.00. The molecule has 158 valence electrons. The Morgan fingerprint density at radius 1 is 1.13 bits per heavy atom. The molecule has 1 aromatic heterocycles. The highest BCUT2D eigenvalue weighted by atomic mass is 35.5. The number of unbranched alkanes of at least 4 members (excludes halogenated alkanes) is 1. The van der Waals surface area contributed by atoms with Crippen LogP contribution in [0.3, 0.4) is 0 Å². The van der Waals surface area contributed by atoms with Gasteiger partial charge >= 0.3 is 0 Å². The Balaban J connectivity index is 1.57. The summed E-state index contributed by atoms with van der Waals surface area (Å²) in [5.74, 6) is 8.02. The highest BCUT2D eigenvalue weighted by Crippen LogP contribution is 2.35. The van der Waals surface area contributed by atoms with E-state index in [-0.39, 0.29) is 5.92 Å². The van der Waals surface area contributed by atoms with Crippen molar-refractivity contribution >= 4 is 11.6 Å². The number of fused-ring (bicyclic) bond motifs is 3. The van der Waals surface area contributed by atoms with E-state index in [9.17, 15) is 5.11 Å². The third kappa shape index (κ3) is 5.16. The standard InChI is InChI=1S/C25H29ClN2O2/c26-14-4-5-17-30-24-9-8-21(23(27-24)18-20-6-2-1-3-7-20)10-13-25(29)19-28-15-11-22(25)12-16-28/h1-3,6-9,22,29H,4-5,11-12,14-19H2. The Labute approximate surface area is 184 Å². The Morgan fingerprint density at radius 3 is 2.63 bits per heavy atom. The monoisotopic (exact) mass is 424 g/mol. The number of piperidine rings is 3. The van der Waals surface area contributed by atoms with Crippen molar-refractivity contribution in [2.75, 3.05) is 32.1 Å². The molecular weight excluding hydrogens is 396 g/mol. The van der Waals surface area contributed by atoms with Gasteiger partial charge in [0.1, 0.15) is 5.60 Å². The normalized spacial score (nSPS) is 24.9. The van der Waals surface area contributed by atoms with Crippen molar-refractivity contribution in [1.82, 2.24) is 9.88 Å². The van der Waals surface area contributed by atoms with E-state index in [1.54, 1.807) is 0 Å². The number of aliphatic hydroxyl groups is 1. The predicted octanol–water partition coefficient (Wildman–Crippen LogP) is 3.88. The van der Waals surface area contributed by atoms with Crippen LogP contribution < -0.4 is 4.74 Å². The van der Waals surface area contributed by atoms with Gasteiger partial charge in [-0.15, -0.1) is 11.6 Å². The predicted molar refractivity (Wildman–Crippen MR) is 120 cm³/mol. The van der Waals surface area contributed by atoms with E-state index in [1.165, 1.54) is 5.56 Å². The van der Waals surface area contributed by atoms with Crippen LogP contribution in [0.5, 0.6) is 5.88 Å². The maximum absolute atomic E-state index is 11.2. The Kier molecular flexibility index (Phi) is 6.94. The molecule has 0 radical (unpaired) electrons. The molecule has 1 unspecified atom stereocenters. The highest BCUT2D eigenvalue weighted by molar-refractivity contribution is 6.17. The third-order valence-corrected chi connectivity index (χ3v) is 6.35. The first-order chi connectivity index (χ1) is 14.7. The molecule has 4 heterocycles. The summed E-state index contributed by atoms with van der Waals surface area (Å²) in [6.45, 7) is 3.40. The molecule has 30 heavy (non-hydrogen) atoms. The lowest BCUT2D eigenvalue weighted by atomic mass is 9.75. The summed E-state index contributed by atoms with van der Waals surface area (Å²) in [5, 5.41) is 11.2. The molecule has 1 atom stereocenters. The number of halogens is 1. The van der Waals surface area contributed by atoms with Crippen LogP contribution in [0.4, 0.5) is 0 Å². The number of hydrogen-bond acceptors (Lipinski definition) is 4. The smallest absolute Gasteiger partial charge is 0.213 e. The van der Waals surface area contributed by atoms with Gasteiger partial charge < -0.3 is 9.84 Å². The molecule has 0 saturated carbocycles. The Morgan fingerprint density at radius 2 is 1.93 bits per heavy atom. The van der Waals surface area contributed by atoms with E-state index in [4.69, 9.17) is 21.3 Å². The topological polar surface area (TPSA) is 45.6 Å². The largest absolute Gasteiger partial charge is 0.478 e. The molecule has 3 saturated heterocycles. The summed E-state index contributed by atoms with van der Waals surface area (Å²) in [6.07, 6.45) is 4.56. The van der Waals surface area contributed by atoms with Crippen molar-refractivity contribution in [3.63, 3.8) is 0 Å². The van der Waals surface area contributed by atoms with E-state index in [0.717, 1.165) is 50.0 Å². The van der Waals surface area contributed by atoms with Crippen LogP contribution in [0.2, 0.25) is 0 Å². The van der Waals surface area contributed by atoms with Crippen molar-refractivity contribution in [1.29, 1.82) is 0 Å². The second-order valence-electron chi connectivity index (χ2n) is 8.28. The number of benzene rings is 1. The Bertz CT molecular complexity index is 900. The summed E-state index contributed by atoms with van der Waals surface area (Å²) in [6, 6.07) is 14.1. The zero-order chi connectivity index (χ0) is 20.8. The van der Waals surface area contributed by atoms with Crippen molar-refractivity contribution < 1.29 is 9.84 Å². The molecule has 0 spiro atoms. The van der Waals surface area contributed by atoms with Crippen LogP contribution in [0.1, 0.15) is 42.5 Å². The van der Waals surface area contributed by atoms with Crippen LogP contribution >= 0.6 is 11.6 Å². The Hall–Kier alpha value is -2.06. The molecule has 4 nitrogen and oxygen atoms in total. The molecule has 5 heteroatoms. The van der Waals surface area contributed by atoms with Gasteiger partial charge in [0, 0.05) is 36.4 Å². The number of nitrogens with zero attached hydrogens (tertiary/aromatic N) is 2. The fourth-order valence-electron chi connectivity index (χ4n) is 4.33. The third-order valence-electron chi connectivity index (χ3n) is 6.08. The van der Waals surface area contributed by atoms with Gasteiger partial charge in [0.2, 0.25) is 5.88 Å². The van der Waals surface area contributed by atoms with E-state index >= 15 is 0 Å². The van der Waals surface area contributed by atoms with Crippen LogP contribution in [0, 0.1) is 17.8 Å². The SMILES string of the molecule is OC1(C#Cc2ccc(OCCCCCl)nc2Cc2ccccc2)CN2CCC1CC2. The lowest BCUT2D eigenvalue weighted by Crippen LogP contribution is -2.58. The van der Waals surface area contributed by atoms with Crippen LogP contribution in [0.15, 0.2) is 42.5 Å². The van der Waals surface area contributed by atoms with Gasteiger partial charge in [-0.1, -0.05) is 42.2 Å². The molecule has 1 aromatic carbocycles. The number of hydrogen-bond donors (Lipinski definition) is 1. The minimum atomic E-state index is -0.919. The van der Waals surface area contributed by atoms with Gasteiger partial charge in [-0.05, 0) is 50.4 Å². The molecule has 1 N–H and O–H groups in total. The van der Waals surface area contributed by atoms with Gasteiger partial charge in [-0.3, -0.25) is 4.90 Å². The second-order valence-corrected chi connectivity index (χ2v) is 8.65. The number of alkyl halides is 1. The van der Waals surface area contributed by atoms with Crippen LogP contribution in [-0.4, -0.2) is 52.7 Å². The average molecular weight is 425 g/mol. The lowest BCUT2D eigenvalue weighted by molar-refractivity contribution is -0.0713. The van der Waals surface area contributed by atoms with Gasteiger partial charge in [0.15, 0.2) is 0 Å². The highest BCUT2D eigenvalue weighted by Gasteiger charge is 2.44. The number of pyridine rings is 1. The molecular formula is C25H29ClN2O2. The van der Waals surface area contributed by atoms with Crippen LogP contribution in [-0.2, 0) is 6.42 Å². The molecule has 2 aromatic rings. The number of ether oxygens (including phenoxy) is 1. The fraction of sp³-hybridized carbons (Fsp3) is 0.480. The molecule has 3 fully saturated rings.